The van der Waals surface area contributed by atoms with E-state index in [1.165, 1.54) is 0 Å². The third-order valence-corrected chi connectivity index (χ3v) is 6.07. The molecule has 2 aromatic carbocycles. The lowest BCUT2D eigenvalue weighted by Gasteiger charge is -2.31. The lowest BCUT2D eigenvalue weighted by molar-refractivity contribution is -0.0774. The number of ether oxygens (including phenoxy) is 3. The number of rotatable bonds is 11. The fourth-order valence-corrected chi connectivity index (χ4v) is 4.00. The minimum absolute atomic E-state index is 0.00257. The Morgan fingerprint density at radius 2 is 1.56 bits per heavy atom. The van der Waals surface area contributed by atoms with Gasteiger partial charge in [-0.3, -0.25) is 20.4 Å². The fraction of sp³-hybridized carbons (Fsp3) is 0.304. The van der Waals surface area contributed by atoms with Gasteiger partial charge in [0.15, 0.2) is 15.7 Å². The zero-order valence-corrected chi connectivity index (χ0v) is 20.6. The van der Waals surface area contributed by atoms with Gasteiger partial charge < -0.3 is 25.3 Å². The molecule has 2 heterocycles. The molecule has 0 spiro atoms. The van der Waals surface area contributed by atoms with Gasteiger partial charge in [0.25, 0.3) is 5.56 Å². The molecule has 0 bridgehead atoms. The summed E-state index contributed by atoms with van der Waals surface area (Å²) in [5.41, 5.74) is 13.9. The number of hydrogen-bond donors (Lipinski definition) is 4. The highest BCUT2D eigenvalue weighted by molar-refractivity contribution is 14.1. The van der Waals surface area contributed by atoms with Crippen LogP contribution in [-0.2, 0) is 27.4 Å². The maximum absolute atomic E-state index is 12.2. The summed E-state index contributed by atoms with van der Waals surface area (Å²) >= 11 is 2.19. The number of anilines is 3. The first-order chi connectivity index (χ1) is 16.4. The van der Waals surface area contributed by atoms with Gasteiger partial charge in [0.2, 0.25) is 5.95 Å². The first-order valence-corrected chi connectivity index (χ1v) is 11.8. The molecule has 0 aliphatic carbocycles. The Morgan fingerprint density at radius 3 is 2.12 bits per heavy atom. The van der Waals surface area contributed by atoms with Crippen LogP contribution in [0.4, 0.5) is 17.5 Å². The average molecular weight is 578 g/mol. The molecule has 0 amide bonds. The summed E-state index contributed by atoms with van der Waals surface area (Å²) in [6.45, 7) is 1.46. The summed E-state index contributed by atoms with van der Waals surface area (Å²) in [6, 6.07) is 19.8. The number of nitrogens with zero attached hydrogens (tertiary/aromatic N) is 2. The molecule has 0 radical (unpaired) electrons. The summed E-state index contributed by atoms with van der Waals surface area (Å²) in [6.07, 6.45) is -0.693. The van der Waals surface area contributed by atoms with Crippen molar-refractivity contribution < 1.29 is 14.2 Å². The van der Waals surface area contributed by atoms with Gasteiger partial charge in [0.05, 0.1) is 26.4 Å². The van der Waals surface area contributed by atoms with Crippen molar-refractivity contribution in [3.05, 3.63) is 82.1 Å². The van der Waals surface area contributed by atoms with Crippen LogP contribution < -0.4 is 27.2 Å². The Hall–Kier alpha value is -2.71. The summed E-state index contributed by atoms with van der Waals surface area (Å²) in [5.74, 6) is 0.339. The molecule has 1 aliphatic rings. The molecule has 1 atom stereocenters. The van der Waals surface area contributed by atoms with Crippen molar-refractivity contribution in [3.63, 3.8) is 0 Å². The van der Waals surface area contributed by atoms with Crippen LogP contribution in [0.25, 0.3) is 0 Å². The van der Waals surface area contributed by atoms with Crippen LogP contribution in [0.5, 0.6) is 0 Å². The van der Waals surface area contributed by atoms with E-state index >= 15 is 0 Å². The van der Waals surface area contributed by atoms with Gasteiger partial charge in [-0.2, -0.15) is 4.98 Å². The van der Waals surface area contributed by atoms with Crippen molar-refractivity contribution in [3.8, 4) is 0 Å². The highest BCUT2D eigenvalue weighted by atomic mass is 127. The van der Waals surface area contributed by atoms with Gasteiger partial charge in [-0.05, 0) is 33.7 Å². The van der Waals surface area contributed by atoms with Gasteiger partial charge in [-0.25, -0.2) is 0 Å². The molecule has 34 heavy (non-hydrogen) atoms. The zero-order valence-electron chi connectivity index (χ0n) is 18.4. The van der Waals surface area contributed by atoms with Crippen LogP contribution in [0.15, 0.2) is 65.5 Å². The molecular weight excluding hydrogens is 551 g/mol. The lowest BCUT2D eigenvalue weighted by Crippen LogP contribution is -2.48. The number of benzene rings is 2. The number of aromatic nitrogens is 2. The summed E-state index contributed by atoms with van der Waals surface area (Å²) in [5, 5.41) is 2.91. The number of alkyl halides is 1. The van der Waals surface area contributed by atoms with Crippen molar-refractivity contribution >= 4 is 40.0 Å². The average Bonchev–Trinajstić information content (AvgIpc) is 3.14. The van der Waals surface area contributed by atoms with Crippen molar-refractivity contribution in [2.45, 2.75) is 23.1 Å². The standard InChI is InChI=1S/C23H27IN6O4/c24-23(13-32-11-16-7-3-1-4-8-16,14-33-12-17-9-5-2-6-10-17)34-15-30-19-18(27-22(30)26)20(31)29-21(25)28-19/h1-10,22,27H,11-15,26H2,(H3,25,28,29,31). The minimum Gasteiger partial charge on any atom is -0.373 e. The summed E-state index contributed by atoms with van der Waals surface area (Å²) in [7, 11) is 0. The van der Waals surface area contributed by atoms with Crippen LogP contribution in [0, 0.1) is 0 Å². The van der Waals surface area contributed by atoms with Gasteiger partial charge in [0.1, 0.15) is 12.4 Å². The molecule has 6 N–H and O–H groups in total. The predicted octanol–water partition coefficient (Wildman–Crippen LogP) is 2.37. The smallest absolute Gasteiger partial charge is 0.277 e. The normalized spacial score (nSPS) is 15.2. The lowest BCUT2D eigenvalue weighted by atomic mass is 10.2. The molecule has 4 rings (SSSR count). The van der Waals surface area contributed by atoms with E-state index in [1.54, 1.807) is 4.90 Å². The van der Waals surface area contributed by atoms with Crippen molar-refractivity contribution in [2.75, 3.05) is 35.9 Å². The molecule has 1 aromatic heterocycles. The number of fused-ring (bicyclic) bond motifs is 1. The third-order valence-electron chi connectivity index (χ3n) is 5.14. The number of nitrogens with two attached hydrogens (primary N) is 2. The van der Waals surface area contributed by atoms with Gasteiger partial charge in [0, 0.05) is 0 Å². The fourth-order valence-electron chi connectivity index (χ4n) is 3.42. The van der Waals surface area contributed by atoms with Crippen molar-refractivity contribution in [1.82, 2.24) is 9.97 Å². The second-order valence-corrected chi connectivity index (χ2v) is 9.79. The van der Waals surface area contributed by atoms with E-state index < -0.39 is 15.5 Å². The Kier molecular flexibility index (Phi) is 8.00. The number of H-pyrrole nitrogens is 1. The molecule has 10 nitrogen and oxygen atoms in total. The predicted molar refractivity (Wildman–Crippen MR) is 138 cm³/mol. The van der Waals surface area contributed by atoms with Crippen molar-refractivity contribution in [2.24, 2.45) is 5.73 Å². The van der Waals surface area contributed by atoms with Gasteiger partial charge in [-0.1, -0.05) is 60.7 Å². The minimum atomic E-state index is -0.823. The number of halogens is 1. The molecular formula is C23H27IN6O4. The summed E-state index contributed by atoms with van der Waals surface area (Å²) in [4.78, 5) is 20.5. The van der Waals surface area contributed by atoms with E-state index in [1.807, 2.05) is 60.7 Å². The Labute approximate surface area is 210 Å². The van der Waals surface area contributed by atoms with E-state index in [0.29, 0.717) is 19.0 Å². The van der Waals surface area contributed by atoms with Crippen LogP contribution in [0.3, 0.4) is 0 Å². The molecule has 180 valence electrons. The second-order valence-electron chi connectivity index (χ2n) is 7.82. The maximum atomic E-state index is 12.2. The third kappa shape index (κ3) is 6.24. The highest BCUT2D eigenvalue weighted by Gasteiger charge is 2.35. The van der Waals surface area contributed by atoms with E-state index in [4.69, 9.17) is 25.7 Å². The quantitative estimate of drug-likeness (QED) is 0.199. The van der Waals surface area contributed by atoms with E-state index in [0.717, 1.165) is 11.1 Å². The highest BCUT2D eigenvalue weighted by Crippen LogP contribution is 2.30. The van der Waals surface area contributed by atoms with Crippen LogP contribution in [0.2, 0.25) is 0 Å². The first kappa shape index (κ1) is 24.4. The zero-order chi connectivity index (χ0) is 24.0. The number of aromatic amines is 1. The van der Waals surface area contributed by atoms with Gasteiger partial charge in [-0.15, -0.1) is 0 Å². The van der Waals surface area contributed by atoms with Crippen molar-refractivity contribution in [1.29, 1.82) is 0 Å². The maximum Gasteiger partial charge on any atom is 0.277 e. The SMILES string of the molecule is Nc1nc2c(c(=O)[nH]1)NC(N)N2COC(I)(COCc1ccccc1)COCc1ccccc1. The van der Waals surface area contributed by atoms with Gasteiger partial charge >= 0.3 is 0 Å². The number of nitrogen functional groups attached to an aromatic ring is 1. The van der Waals surface area contributed by atoms with E-state index in [2.05, 4.69) is 37.9 Å². The first-order valence-electron chi connectivity index (χ1n) is 10.7. The largest absolute Gasteiger partial charge is 0.373 e. The monoisotopic (exact) mass is 578 g/mol. The molecule has 0 fully saturated rings. The Morgan fingerprint density at radius 1 is 1.00 bits per heavy atom. The van der Waals surface area contributed by atoms with Crippen LogP contribution >= 0.6 is 22.6 Å². The molecule has 1 aliphatic heterocycles. The number of nitrogens with one attached hydrogen (secondary N) is 2. The van der Waals surface area contributed by atoms with E-state index in [-0.39, 0.29) is 31.6 Å². The Bertz CT molecular complexity index is 1090. The van der Waals surface area contributed by atoms with E-state index in [9.17, 15) is 4.79 Å². The number of hydrogen-bond acceptors (Lipinski definition) is 9. The molecule has 0 saturated heterocycles. The van der Waals surface area contributed by atoms with Crippen LogP contribution in [-0.4, -0.2) is 39.8 Å². The molecule has 3 aromatic rings. The molecule has 0 saturated carbocycles. The Balaban J connectivity index is 1.42. The molecule has 1 unspecified atom stereocenters. The second kappa shape index (κ2) is 11.1. The van der Waals surface area contributed by atoms with Crippen LogP contribution in [0.1, 0.15) is 11.1 Å². The molecule has 11 heteroatoms. The summed E-state index contributed by atoms with van der Waals surface area (Å²) < 4.78 is 17.4. The topological polar surface area (TPSA) is 141 Å².